The van der Waals surface area contributed by atoms with Crippen LogP contribution >= 0.6 is 0 Å². The van der Waals surface area contributed by atoms with Gasteiger partial charge in [-0.1, -0.05) is 6.07 Å². The van der Waals surface area contributed by atoms with Gasteiger partial charge in [0.2, 0.25) is 0 Å². The Morgan fingerprint density at radius 1 is 1.06 bits per heavy atom. The molecule has 6 rings (SSSR count). The quantitative estimate of drug-likeness (QED) is 0.607. The van der Waals surface area contributed by atoms with Crippen molar-refractivity contribution in [1.82, 2.24) is 19.9 Å². The summed E-state index contributed by atoms with van der Waals surface area (Å²) in [5.74, 6) is 1.27. The van der Waals surface area contributed by atoms with Crippen LogP contribution in [0.25, 0.3) is 22.3 Å². The van der Waals surface area contributed by atoms with E-state index in [1.165, 1.54) is 54.4 Å². The number of nitrogens with one attached hydrogen (secondary N) is 1. The monoisotopic (exact) mass is 416 g/mol. The first kappa shape index (κ1) is 19.4. The van der Waals surface area contributed by atoms with E-state index in [4.69, 9.17) is 14.7 Å². The van der Waals surface area contributed by atoms with Gasteiger partial charge in [0.15, 0.2) is 0 Å². The normalized spacial score (nSPS) is 23.1. The van der Waals surface area contributed by atoms with Crippen molar-refractivity contribution >= 4 is 11.0 Å². The van der Waals surface area contributed by atoms with Crippen molar-refractivity contribution in [1.29, 1.82) is 0 Å². The lowest BCUT2D eigenvalue weighted by Gasteiger charge is -2.27. The second-order valence-corrected chi connectivity index (χ2v) is 9.72. The smallest absolute Gasteiger partial charge is 0.137 e. The Hall–Kier alpha value is -2.24. The van der Waals surface area contributed by atoms with E-state index in [-0.39, 0.29) is 0 Å². The fourth-order valence-corrected chi connectivity index (χ4v) is 5.50. The predicted molar refractivity (Wildman–Crippen MR) is 123 cm³/mol. The lowest BCUT2D eigenvalue weighted by molar-refractivity contribution is 0.0848. The summed E-state index contributed by atoms with van der Waals surface area (Å²) in [7, 11) is 0. The van der Waals surface area contributed by atoms with E-state index in [9.17, 15) is 0 Å². The lowest BCUT2D eigenvalue weighted by Crippen LogP contribution is -2.28. The molecule has 1 saturated carbocycles. The zero-order chi connectivity index (χ0) is 20.8. The number of nitrogens with zero attached hydrogens (tertiary/aromatic N) is 3. The summed E-state index contributed by atoms with van der Waals surface area (Å²) < 4.78 is 5.63. The molecule has 0 amide bonds. The highest BCUT2D eigenvalue weighted by molar-refractivity contribution is 5.85. The Morgan fingerprint density at radius 3 is 2.68 bits per heavy atom. The Kier molecular flexibility index (Phi) is 5.04. The molecule has 3 aromatic rings. The van der Waals surface area contributed by atoms with Crippen LogP contribution in [0.1, 0.15) is 74.1 Å². The molecule has 3 aromatic heterocycles. The van der Waals surface area contributed by atoms with Gasteiger partial charge in [0.05, 0.1) is 11.4 Å². The molecule has 2 aliphatic heterocycles. The van der Waals surface area contributed by atoms with E-state index in [2.05, 4.69) is 41.2 Å². The largest absolute Gasteiger partial charge is 0.381 e. The Bertz CT molecular complexity index is 1080. The zero-order valence-electron chi connectivity index (χ0n) is 18.4. The molecule has 31 heavy (non-hydrogen) atoms. The molecule has 0 radical (unpaired) electrons. The average Bonchev–Trinajstić information content (AvgIpc) is 3.44. The van der Waals surface area contributed by atoms with Crippen LogP contribution in [0.15, 0.2) is 30.6 Å². The molecule has 0 bridgehead atoms. The molecule has 1 N–H and O–H groups in total. The van der Waals surface area contributed by atoms with Crippen molar-refractivity contribution in [2.24, 2.45) is 0 Å². The van der Waals surface area contributed by atoms with Crippen LogP contribution in [0.2, 0.25) is 0 Å². The Morgan fingerprint density at radius 2 is 1.90 bits per heavy atom. The lowest BCUT2D eigenvalue weighted by atomic mass is 9.89. The first-order chi connectivity index (χ1) is 15.3. The molecule has 162 valence electrons. The number of hydrogen-bond acceptors (Lipinski definition) is 4. The summed E-state index contributed by atoms with van der Waals surface area (Å²) in [4.78, 5) is 15.9. The van der Waals surface area contributed by atoms with Crippen molar-refractivity contribution in [3.8, 4) is 11.3 Å². The molecule has 2 saturated heterocycles. The summed E-state index contributed by atoms with van der Waals surface area (Å²) in [6.07, 6.45) is 11.5. The molecule has 0 spiro atoms. The summed E-state index contributed by atoms with van der Waals surface area (Å²) in [6, 6.07) is 7.50. The van der Waals surface area contributed by atoms with E-state index < -0.39 is 0 Å². The molecule has 1 aliphatic carbocycles. The molecule has 0 aromatic carbocycles. The Labute approximate surface area is 184 Å². The molecule has 0 unspecified atom stereocenters. The third-order valence-electron chi connectivity index (χ3n) is 7.59. The number of hydrogen-bond donors (Lipinski definition) is 1. The molecular formula is C26H32N4O. The Balaban J connectivity index is 1.38. The van der Waals surface area contributed by atoms with Crippen LogP contribution in [0.5, 0.6) is 0 Å². The third-order valence-corrected chi connectivity index (χ3v) is 7.59. The van der Waals surface area contributed by atoms with Crippen molar-refractivity contribution in [2.45, 2.75) is 69.9 Å². The second kappa shape index (κ2) is 8.03. The van der Waals surface area contributed by atoms with Gasteiger partial charge < -0.3 is 9.72 Å². The zero-order valence-corrected chi connectivity index (χ0v) is 18.4. The molecule has 5 nitrogen and oxygen atoms in total. The maximum Gasteiger partial charge on any atom is 0.137 e. The van der Waals surface area contributed by atoms with Crippen molar-refractivity contribution in [3.05, 3.63) is 47.4 Å². The van der Waals surface area contributed by atoms with Crippen molar-refractivity contribution < 1.29 is 4.74 Å². The van der Waals surface area contributed by atoms with Gasteiger partial charge in [-0.2, -0.15) is 0 Å². The minimum Gasteiger partial charge on any atom is -0.381 e. The van der Waals surface area contributed by atoms with Gasteiger partial charge in [0.1, 0.15) is 5.65 Å². The summed E-state index contributed by atoms with van der Waals surface area (Å²) in [5, 5.41) is 1.27. The van der Waals surface area contributed by atoms with E-state index in [1.54, 1.807) is 0 Å². The van der Waals surface area contributed by atoms with Gasteiger partial charge in [-0.3, -0.25) is 9.88 Å². The van der Waals surface area contributed by atoms with Gasteiger partial charge in [0, 0.05) is 49.1 Å². The van der Waals surface area contributed by atoms with E-state index in [0.29, 0.717) is 17.9 Å². The highest BCUT2D eigenvalue weighted by atomic mass is 16.5. The van der Waals surface area contributed by atoms with E-state index in [0.717, 1.165) is 49.5 Å². The summed E-state index contributed by atoms with van der Waals surface area (Å²) in [5.41, 5.74) is 7.29. The van der Waals surface area contributed by atoms with Crippen LogP contribution in [-0.2, 0) is 11.3 Å². The number of aromatic nitrogens is 3. The van der Waals surface area contributed by atoms with Gasteiger partial charge in [0.25, 0.3) is 0 Å². The molecular weight excluding hydrogens is 384 g/mol. The first-order valence-electron chi connectivity index (χ1n) is 12.1. The van der Waals surface area contributed by atoms with Crippen LogP contribution in [0, 0.1) is 0 Å². The number of pyridine rings is 2. The highest BCUT2D eigenvalue weighted by Gasteiger charge is 2.27. The molecule has 5 heteroatoms. The van der Waals surface area contributed by atoms with Gasteiger partial charge >= 0.3 is 0 Å². The predicted octanol–water partition coefficient (Wildman–Crippen LogP) is 5.38. The van der Waals surface area contributed by atoms with Crippen LogP contribution in [0.3, 0.4) is 0 Å². The summed E-state index contributed by atoms with van der Waals surface area (Å²) >= 11 is 0. The molecule has 3 aliphatic rings. The standard InChI is InChI=1S/C26H32N4O/c1-17-3-2-10-30(17)16-25-21(19-8-11-31-12-9-19)6-7-24(29-25)20-13-22-23(18-4-5-18)15-28-26(22)27-14-20/h6-7,13-15,17-19H,2-5,8-12,16H2,1H3,(H,27,28)/t17-/m0/s1. The van der Waals surface area contributed by atoms with E-state index in [1.807, 2.05) is 6.20 Å². The van der Waals surface area contributed by atoms with Crippen molar-refractivity contribution in [2.75, 3.05) is 19.8 Å². The number of aromatic amines is 1. The number of ether oxygens (including phenoxy) is 1. The maximum absolute atomic E-state index is 5.63. The van der Waals surface area contributed by atoms with Gasteiger partial charge in [-0.25, -0.2) is 4.98 Å². The van der Waals surface area contributed by atoms with Crippen molar-refractivity contribution in [3.63, 3.8) is 0 Å². The average molecular weight is 417 g/mol. The SMILES string of the molecule is C[C@H]1CCCN1Cc1nc(-c2cnc3[nH]cc(C4CC4)c3c2)ccc1C1CCOCC1. The fraction of sp³-hybridized carbons (Fsp3) is 0.538. The minimum atomic E-state index is 0.565. The van der Waals surface area contributed by atoms with Crippen LogP contribution in [0.4, 0.5) is 0 Å². The number of fused-ring (bicyclic) bond motifs is 1. The number of H-pyrrole nitrogens is 1. The minimum absolute atomic E-state index is 0.565. The number of rotatable bonds is 5. The molecule has 3 fully saturated rings. The molecule has 5 heterocycles. The third kappa shape index (κ3) is 3.79. The van der Waals surface area contributed by atoms with Gasteiger partial charge in [-0.05, 0) is 87.1 Å². The van der Waals surface area contributed by atoms with Gasteiger partial charge in [-0.15, -0.1) is 0 Å². The number of likely N-dealkylation sites (tertiary alicyclic amines) is 1. The van der Waals surface area contributed by atoms with E-state index >= 15 is 0 Å². The topological polar surface area (TPSA) is 54.0 Å². The molecule has 1 atom stereocenters. The second-order valence-electron chi connectivity index (χ2n) is 9.72. The first-order valence-corrected chi connectivity index (χ1v) is 12.1. The van der Waals surface area contributed by atoms with Crippen LogP contribution < -0.4 is 0 Å². The fourth-order valence-electron chi connectivity index (χ4n) is 5.50. The highest BCUT2D eigenvalue weighted by Crippen LogP contribution is 2.43. The maximum atomic E-state index is 5.63. The summed E-state index contributed by atoms with van der Waals surface area (Å²) in [6.45, 7) is 6.22. The van der Waals surface area contributed by atoms with Crippen LogP contribution in [-0.4, -0.2) is 45.7 Å².